The highest BCUT2D eigenvalue weighted by Crippen LogP contribution is 2.27. The van der Waals surface area contributed by atoms with E-state index in [2.05, 4.69) is 5.32 Å². The molecule has 0 saturated carbocycles. The molecule has 0 aromatic heterocycles. The predicted molar refractivity (Wildman–Crippen MR) is 64.4 cm³/mol. The van der Waals surface area contributed by atoms with Crippen LogP contribution >= 0.6 is 0 Å². The van der Waals surface area contributed by atoms with Gasteiger partial charge in [0.2, 0.25) is 5.91 Å². The van der Waals surface area contributed by atoms with E-state index in [9.17, 15) is 27.2 Å². The van der Waals surface area contributed by atoms with Gasteiger partial charge in [0, 0.05) is 19.4 Å². The second-order valence-corrected chi connectivity index (χ2v) is 4.92. The minimum absolute atomic E-state index is 0.0584. The van der Waals surface area contributed by atoms with Gasteiger partial charge in [-0.3, -0.25) is 9.59 Å². The van der Waals surface area contributed by atoms with Crippen molar-refractivity contribution in [1.82, 2.24) is 10.6 Å². The maximum absolute atomic E-state index is 13.2. The summed E-state index contributed by atoms with van der Waals surface area (Å²) in [6.45, 7) is 0.420. The smallest absolute Gasteiger partial charge is 0.321 e. The number of halogens is 4. The van der Waals surface area contributed by atoms with E-state index < -0.39 is 41.5 Å². The summed E-state index contributed by atoms with van der Waals surface area (Å²) in [5.74, 6) is -7.39. The summed E-state index contributed by atoms with van der Waals surface area (Å²) < 4.78 is 52.2. The maximum Gasteiger partial charge on any atom is 0.321 e. The van der Waals surface area contributed by atoms with Gasteiger partial charge in [0.25, 0.3) is 5.91 Å². The lowest BCUT2D eigenvalue weighted by atomic mass is 10.00. The largest absolute Gasteiger partial charge is 0.347 e. The molecule has 2 atom stereocenters. The summed E-state index contributed by atoms with van der Waals surface area (Å²) in [4.78, 5) is 22.7. The van der Waals surface area contributed by atoms with Crippen LogP contribution in [0.15, 0.2) is 18.2 Å². The van der Waals surface area contributed by atoms with Crippen LogP contribution in [0.3, 0.4) is 0 Å². The molecular weight excluding hydrogens is 292 g/mol. The van der Waals surface area contributed by atoms with E-state index >= 15 is 0 Å². The summed E-state index contributed by atoms with van der Waals surface area (Å²) in [5.41, 5.74) is 0.0584. The van der Waals surface area contributed by atoms with Crippen molar-refractivity contribution in [2.45, 2.75) is 31.4 Å². The first-order valence-corrected chi connectivity index (χ1v) is 6.11. The average Bonchev–Trinajstić information content (AvgIpc) is 2.67. The van der Waals surface area contributed by atoms with Crippen LogP contribution in [0.1, 0.15) is 24.9 Å². The van der Waals surface area contributed by atoms with Gasteiger partial charge in [-0.2, -0.15) is 8.78 Å². The molecule has 1 aliphatic rings. The van der Waals surface area contributed by atoms with E-state index in [-0.39, 0.29) is 12.0 Å². The quantitative estimate of drug-likeness (QED) is 0.835. The van der Waals surface area contributed by atoms with Crippen LogP contribution in [0, 0.1) is 11.6 Å². The fourth-order valence-electron chi connectivity index (χ4n) is 2.15. The Bertz CT molecular complexity index is 566. The van der Waals surface area contributed by atoms with Gasteiger partial charge >= 0.3 is 5.92 Å². The number of carbonyl (C=O) groups excluding carboxylic acids is 2. The van der Waals surface area contributed by atoms with E-state index in [1.54, 1.807) is 0 Å². The summed E-state index contributed by atoms with van der Waals surface area (Å²) in [5, 5.41) is 4.42. The second-order valence-electron chi connectivity index (χ2n) is 4.92. The molecule has 2 N–H and O–H groups in total. The van der Waals surface area contributed by atoms with Gasteiger partial charge in [-0.1, -0.05) is 0 Å². The van der Waals surface area contributed by atoms with Gasteiger partial charge in [-0.05, 0) is 17.7 Å². The highest BCUT2D eigenvalue weighted by Gasteiger charge is 2.40. The molecule has 114 valence electrons. The first kappa shape index (κ1) is 15.3. The van der Waals surface area contributed by atoms with Crippen LogP contribution < -0.4 is 10.6 Å². The Kier molecular flexibility index (Phi) is 3.89. The average molecular weight is 304 g/mol. The Labute approximate surface area is 117 Å². The van der Waals surface area contributed by atoms with Gasteiger partial charge < -0.3 is 10.6 Å². The van der Waals surface area contributed by atoms with Gasteiger partial charge in [0.05, 0.1) is 12.1 Å². The van der Waals surface area contributed by atoms with Crippen LogP contribution in [0.25, 0.3) is 0 Å². The zero-order chi connectivity index (χ0) is 15.8. The highest BCUT2D eigenvalue weighted by atomic mass is 19.3. The van der Waals surface area contributed by atoms with E-state index in [4.69, 9.17) is 0 Å². The number of amides is 2. The van der Waals surface area contributed by atoms with Crippen molar-refractivity contribution in [2.75, 3.05) is 0 Å². The highest BCUT2D eigenvalue weighted by molar-refractivity contribution is 5.86. The predicted octanol–water partition coefficient (Wildman–Crippen LogP) is 1.67. The van der Waals surface area contributed by atoms with Crippen molar-refractivity contribution in [2.24, 2.45) is 0 Å². The van der Waals surface area contributed by atoms with Crippen LogP contribution in [0.4, 0.5) is 17.6 Å². The Balaban J connectivity index is 2.24. The van der Waals surface area contributed by atoms with Crippen LogP contribution in [-0.2, 0) is 9.59 Å². The fourth-order valence-corrected chi connectivity index (χ4v) is 2.15. The molecule has 1 heterocycles. The molecule has 1 unspecified atom stereocenters. The number of rotatable bonds is 3. The third-order valence-electron chi connectivity index (χ3n) is 3.08. The van der Waals surface area contributed by atoms with Crippen molar-refractivity contribution in [3.05, 3.63) is 35.4 Å². The molecule has 1 saturated heterocycles. The zero-order valence-corrected chi connectivity index (χ0v) is 10.9. The third kappa shape index (κ3) is 3.50. The molecular formula is C13H12F4N2O2. The molecule has 2 amide bonds. The number of benzene rings is 1. The molecule has 21 heavy (non-hydrogen) atoms. The first-order chi connectivity index (χ1) is 9.66. The van der Waals surface area contributed by atoms with E-state index in [1.165, 1.54) is 0 Å². The minimum atomic E-state index is -3.61. The molecule has 1 fully saturated rings. The molecule has 0 bridgehead atoms. The van der Waals surface area contributed by atoms with Gasteiger partial charge in [-0.15, -0.1) is 0 Å². The number of alkyl halides is 2. The molecule has 1 aromatic rings. The summed E-state index contributed by atoms with van der Waals surface area (Å²) in [6, 6.07) is 0.630. The normalized spacial score (nSPS) is 22.0. The zero-order valence-electron chi connectivity index (χ0n) is 10.9. The minimum Gasteiger partial charge on any atom is -0.347 e. The molecule has 8 heteroatoms. The second kappa shape index (κ2) is 5.34. The van der Waals surface area contributed by atoms with E-state index in [1.807, 2.05) is 5.32 Å². The SMILES string of the molecule is CC(F)(F)C(=O)N[C@H]1CC(=O)NC1c1cc(F)cc(F)c1. The summed E-state index contributed by atoms with van der Waals surface area (Å²) >= 11 is 0. The molecule has 2 rings (SSSR count). The Morgan fingerprint density at radius 1 is 1.29 bits per heavy atom. The van der Waals surface area contributed by atoms with Crippen molar-refractivity contribution >= 4 is 11.8 Å². The lowest BCUT2D eigenvalue weighted by Gasteiger charge is -2.22. The van der Waals surface area contributed by atoms with E-state index in [0.29, 0.717) is 13.0 Å². The fraction of sp³-hybridized carbons (Fsp3) is 0.385. The Hall–Kier alpha value is -2.12. The standard InChI is InChI=1S/C13H12F4N2O2/c1-13(16,17)12(21)18-9-5-10(20)19-11(9)6-2-7(14)4-8(15)3-6/h2-4,9,11H,5H2,1H3,(H,18,21)(H,19,20)/t9-,11?/m0/s1. The van der Waals surface area contributed by atoms with Crippen LogP contribution in [0.5, 0.6) is 0 Å². The summed E-state index contributed by atoms with van der Waals surface area (Å²) in [7, 11) is 0. The van der Waals surface area contributed by atoms with Crippen molar-refractivity contribution < 1.29 is 27.2 Å². The number of hydrogen-bond acceptors (Lipinski definition) is 2. The summed E-state index contributed by atoms with van der Waals surface area (Å²) in [6.07, 6.45) is -0.245. The number of carbonyl (C=O) groups is 2. The third-order valence-corrected chi connectivity index (χ3v) is 3.08. The Morgan fingerprint density at radius 3 is 2.38 bits per heavy atom. The van der Waals surface area contributed by atoms with Crippen molar-refractivity contribution in [1.29, 1.82) is 0 Å². The molecule has 0 aliphatic carbocycles. The maximum atomic E-state index is 13.2. The van der Waals surface area contributed by atoms with Gasteiger partial charge in [0.1, 0.15) is 11.6 Å². The number of hydrogen-bond donors (Lipinski definition) is 2. The van der Waals surface area contributed by atoms with Gasteiger partial charge in [0.15, 0.2) is 0 Å². The molecule has 0 spiro atoms. The monoisotopic (exact) mass is 304 g/mol. The molecule has 1 aliphatic heterocycles. The molecule has 4 nitrogen and oxygen atoms in total. The first-order valence-electron chi connectivity index (χ1n) is 6.11. The van der Waals surface area contributed by atoms with Crippen LogP contribution in [0.2, 0.25) is 0 Å². The van der Waals surface area contributed by atoms with Crippen LogP contribution in [-0.4, -0.2) is 23.8 Å². The molecule has 1 aromatic carbocycles. The topological polar surface area (TPSA) is 58.2 Å². The van der Waals surface area contributed by atoms with Gasteiger partial charge in [-0.25, -0.2) is 8.78 Å². The lowest BCUT2D eigenvalue weighted by Crippen LogP contribution is -2.45. The van der Waals surface area contributed by atoms with Crippen molar-refractivity contribution in [3.63, 3.8) is 0 Å². The Morgan fingerprint density at radius 2 is 1.86 bits per heavy atom. The lowest BCUT2D eigenvalue weighted by molar-refractivity contribution is -0.143. The van der Waals surface area contributed by atoms with E-state index in [0.717, 1.165) is 12.1 Å². The van der Waals surface area contributed by atoms with Crippen molar-refractivity contribution in [3.8, 4) is 0 Å². The molecule has 0 radical (unpaired) electrons. The number of nitrogens with one attached hydrogen (secondary N) is 2.